The molecule has 1 atom stereocenters. The Morgan fingerprint density at radius 3 is 2.16 bits per heavy atom. The van der Waals surface area contributed by atoms with Gasteiger partial charge < -0.3 is 9.88 Å². The van der Waals surface area contributed by atoms with Gasteiger partial charge in [0.25, 0.3) is 0 Å². The molecule has 0 radical (unpaired) electrons. The standard InChI is InChI=1S/C51H32N4S/c1-3-14-33(15-4-1)49-52-50(34-16-5-2-6-17-34)54-51(53-49)38-20-11-18-35(30-38)36-19-12-21-39(31-36)55-45-26-9-7-22-41(45)42-29-28-37(32-46(42)55)40-24-13-25-44-43-23-8-10-27-47(43)56-48(40)44/h1-11,13-18,20-32,49H,(H,52,53,54). The summed E-state index contributed by atoms with van der Waals surface area (Å²) in [4.78, 5) is 10.1. The van der Waals surface area contributed by atoms with E-state index in [0.717, 1.165) is 50.4 Å². The number of hydrogen-bond donors (Lipinski definition) is 1. The van der Waals surface area contributed by atoms with Crippen LogP contribution in [0.5, 0.6) is 0 Å². The summed E-state index contributed by atoms with van der Waals surface area (Å²) >= 11 is 1.87. The van der Waals surface area contributed by atoms with Gasteiger partial charge in [0.2, 0.25) is 0 Å². The topological polar surface area (TPSA) is 41.7 Å². The van der Waals surface area contributed by atoms with Crippen LogP contribution in [-0.4, -0.2) is 16.2 Å². The van der Waals surface area contributed by atoms with E-state index in [2.05, 4.69) is 162 Å². The fraction of sp³-hybridized carbons (Fsp3) is 0.0196. The fourth-order valence-electron chi connectivity index (χ4n) is 8.04. The van der Waals surface area contributed by atoms with Gasteiger partial charge in [0.15, 0.2) is 5.84 Å². The summed E-state index contributed by atoms with van der Waals surface area (Å²) in [6.45, 7) is 0. The van der Waals surface area contributed by atoms with Crippen molar-refractivity contribution in [2.24, 2.45) is 9.98 Å². The van der Waals surface area contributed by atoms with E-state index in [9.17, 15) is 0 Å². The third-order valence-electron chi connectivity index (χ3n) is 10.7. The lowest BCUT2D eigenvalue weighted by Gasteiger charge is -2.23. The highest BCUT2D eigenvalue weighted by Crippen LogP contribution is 2.42. The van der Waals surface area contributed by atoms with Gasteiger partial charge in [-0.25, -0.2) is 9.98 Å². The maximum Gasteiger partial charge on any atom is 0.159 e. The van der Waals surface area contributed by atoms with Gasteiger partial charge in [-0.05, 0) is 52.6 Å². The first-order valence-electron chi connectivity index (χ1n) is 18.8. The molecule has 0 amide bonds. The Labute approximate surface area is 328 Å². The molecule has 8 aromatic carbocycles. The third kappa shape index (κ3) is 5.47. The van der Waals surface area contributed by atoms with Crippen LogP contribution in [0.1, 0.15) is 22.9 Å². The lowest BCUT2D eigenvalue weighted by Crippen LogP contribution is -2.33. The number of rotatable bonds is 6. The van der Waals surface area contributed by atoms with Crippen molar-refractivity contribution in [1.82, 2.24) is 9.88 Å². The normalized spacial score (nSPS) is 14.1. The molecule has 1 N–H and O–H groups in total. The molecule has 0 aliphatic carbocycles. The van der Waals surface area contributed by atoms with E-state index < -0.39 is 0 Å². The molecule has 0 bridgehead atoms. The molecule has 11 rings (SSSR count). The smallest absolute Gasteiger partial charge is 0.159 e. The molecule has 2 aromatic heterocycles. The van der Waals surface area contributed by atoms with Crippen LogP contribution < -0.4 is 5.32 Å². The van der Waals surface area contributed by atoms with Gasteiger partial charge in [-0.1, -0.05) is 158 Å². The van der Waals surface area contributed by atoms with Crippen LogP contribution in [0.2, 0.25) is 0 Å². The minimum absolute atomic E-state index is 0.267. The highest BCUT2D eigenvalue weighted by atomic mass is 32.1. The zero-order valence-electron chi connectivity index (χ0n) is 30.1. The van der Waals surface area contributed by atoms with Gasteiger partial charge in [0, 0.05) is 53.7 Å². The van der Waals surface area contributed by atoms with Crippen molar-refractivity contribution in [3.63, 3.8) is 0 Å². The van der Waals surface area contributed by atoms with Crippen LogP contribution in [-0.2, 0) is 0 Å². The number of aromatic nitrogens is 1. The second-order valence-electron chi connectivity index (χ2n) is 14.1. The monoisotopic (exact) mass is 732 g/mol. The molecule has 1 aliphatic heterocycles. The molecule has 56 heavy (non-hydrogen) atoms. The summed E-state index contributed by atoms with van der Waals surface area (Å²) in [5.74, 6) is 1.48. The fourth-order valence-corrected chi connectivity index (χ4v) is 9.28. The van der Waals surface area contributed by atoms with E-state index in [1.807, 2.05) is 53.8 Å². The van der Waals surface area contributed by atoms with E-state index in [4.69, 9.17) is 9.98 Å². The molecule has 1 aliphatic rings. The van der Waals surface area contributed by atoms with Crippen LogP contribution in [0.3, 0.4) is 0 Å². The molecule has 0 spiro atoms. The summed E-state index contributed by atoms with van der Waals surface area (Å²) in [5.41, 5.74) is 10.8. The maximum atomic E-state index is 5.06. The van der Waals surface area contributed by atoms with Crippen LogP contribution in [0.15, 0.2) is 192 Å². The number of nitrogens with one attached hydrogen (secondary N) is 1. The Morgan fingerprint density at radius 2 is 1.27 bits per heavy atom. The van der Waals surface area contributed by atoms with Crippen molar-refractivity contribution in [1.29, 1.82) is 0 Å². The van der Waals surface area contributed by atoms with Crippen molar-refractivity contribution in [2.75, 3.05) is 0 Å². The van der Waals surface area contributed by atoms with E-state index in [0.29, 0.717) is 5.84 Å². The zero-order valence-corrected chi connectivity index (χ0v) is 31.0. The second-order valence-corrected chi connectivity index (χ2v) is 15.1. The molecule has 0 saturated carbocycles. The Hall–Kier alpha value is -7.26. The van der Waals surface area contributed by atoms with Crippen LogP contribution in [0.25, 0.3) is 69.9 Å². The first-order chi connectivity index (χ1) is 27.7. The van der Waals surface area contributed by atoms with Gasteiger partial charge in [0.1, 0.15) is 12.0 Å². The number of nitrogens with zero attached hydrogens (tertiary/aromatic N) is 3. The average molecular weight is 733 g/mol. The third-order valence-corrected chi connectivity index (χ3v) is 11.9. The molecule has 5 heteroatoms. The molecular formula is C51H32N4S. The minimum atomic E-state index is -0.267. The summed E-state index contributed by atoms with van der Waals surface area (Å²) in [5, 5.41) is 8.66. The number of thiophene rings is 1. The van der Waals surface area contributed by atoms with Crippen molar-refractivity contribution < 1.29 is 0 Å². The van der Waals surface area contributed by atoms with Gasteiger partial charge in [0.05, 0.1) is 16.7 Å². The number of para-hydroxylation sites is 1. The minimum Gasteiger partial charge on any atom is -0.344 e. The molecular weight excluding hydrogens is 701 g/mol. The summed E-state index contributed by atoms with van der Waals surface area (Å²) in [6, 6.07) is 71.0. The quantitative estimate of drug-likeness (QED) is 0.182. The largest absolute Gasteiger partial charge is 0.344 e. The Morgan fingerprint density at radius 1 is 0.554 bits per heavy atom. The van der Waals surface area contributed by atoms with Crippen LogP contribution in [0.4, 0.5) is 0 Å². The van der Waals surface area contributed by atoms with E-state index in [-0.39, 0.29) is 6.17 Å². The first-order valence-corrected chi connectivity index (χ1v) is 19.6. The van der Waals surface area contributed by atoms with Crippen LogP contribution >= 0.6 is 11.3 Å². The van der Waals surface area contributed by atoms with Gasteiger partial charge >= 0.3 is 0 Å². The predicted octanol–water partition coefficient (Wildman–Crippen LogP) is 12.6. The summed E-state index contributed by atoms with van der Waals surface area (Å²) in [6.07, 6.45) is -0.267. The lowest BCUT2D eigenvalue weighted by molar-refractivity contribution is 0.674. The Bertz CT molecular complexity index is 3170. The van der Waals surface area contributed by atoms with Gasteiger partial charge in [-0.3, -0.25) is 0 Å². The van der Waals surface area contributed by atoms with E-state index in [1.54, 1.807) is 0 Å². The summed E-state index contributed by atoms with van der Waals surface area (Å²) < 4.78 is 5.00. The first kappa shape index (κ1) is 32.2. The molecule has 10 aromatic rings. The Kier molecular flexibility index (Phi) is 7.61. The molecule has 4 nitrogen and oxygen atoms in total. The molecule has 0 fully saturated rings. The van der Waals surface area contributed by atoms with Crippen molar-refractivity contribution in [2.45, 2.75) is 6.17 Å². The number of hydrogen-bond acceptors (Lipinski definition) is 4. The maximum absolute atomic E-state index is 5.06. The number of amidine groups is 2. The van der Waals surface area contributed by atoms with Crippen molar-refractivity contribution in [3.8, 4) is 27.9 Å². The average Bonchev–Trinajstić information content (AvgIpc) is 3.83. The number of benzene rings is 7. The van der Waals surface area contributed by atoms with Crippen molar-refractivity contribution >= 4 is 65.0 Å². The molecule has 3 heterocycles. The van der Waals surface area contributed by atoms with Crippen LogP contribution in [0, 0.1) is 12.1 Å². The van der Waals surface area contributed by atoms with E-state index >= 15 is 0 Å². The summed E-state index contributed by atoms with van der Waals surface area (Å²) in [7, 11) is 0. The molecule has 0 saturated heterocycles. The number of aliphatic imine (C=N–C) groups is 2. The van der Waals surface area contributed by atoms with Gasteiger partial charge in [-0.2, -0.15) is 0 Å². The van der Waals surface area contributed by atoms with E-state index in [1.165, 1.54) is 42.1 Å². The highest BCUT2D eigenvalue weighted by Gasteiger charge is 2.22. The van der Waals surface area contributed by atoms with Gasteiger partial charge in [-0.15, -0.1) is 11.3 Å². The predicted molar refractivity (Wildman–Crippen MR) is 234 cm³/mol. The SMILES string of the molecule is c1cc(-n2c3ccccc3c3ccc(-c4cccc5c4sc4ccccc45)cc32)cc(-c2cccc(C3=NC(c4ccccc4)=NC(c4ccccc4)N3)c2)c#1. The number of fused-ring (bicyclic) bond motifs is 6. The Balaban J connectivity index is 1.01. The second kappa shape index (κ2) is 13.2. The lowest BCUT2D eigenvalue weighted by atomic mass is 10.0. The van der Waals surface area contributed by atoms with Crippen molar-refractivity contribution in [3.05, 3.63) is 211 Å². The molecule has 1 unspecified atom stereocenters. The zero-order chi connectivity index (χ0) is 37.0. The highest BCUT2D eigenvalue weighted by molar-refractivity contribution is 7.26. The molecule has 262 valence electrons.